The summed E-state index contributed by atoms with van der Waals surface area (Å²) in [4.78, 5) is 28.4. The number of nitrogens with one attached hydrogen (secondary N) is 1. The van der Waals surface area contributed by atoms with Crippen molar-refractivity contribution in [3.8, 4) is 0 Å². The summed E-state index contributed by atoms with van der Waals surface area (Å²) in [6.45, 7) is 4.92. The third-order valence-electron chi connectivity index (χ3n) is 5.24. The minimum atomic E-state index is 0.0399. The van der Waals surface area contributed by atoms with E-state index in [0.717, 1.165) is 20.5 Å². The summed E-state index contributed by atoms with van der Waals surface area (Å²) in [7, 11) is 0. The smallest absolute Gasteiger partial charge is 0.261 e. The monoisotopic (exact) mass is 386 g/mol. The molecule has 4 nitrogen and oxygen atoms in total. The summed E-state index contributed by atoms with van der Waals surface area (Å²) in [5.74, 6) is 0.737. The molecule has 0 aliphatic carbocycles. The number of hydrogen-bond acceptors (Lipinski definition) is 5. The standard InChI is InChI=1S/C20H22N2O2S2/c1-13(23)15-3-2-4-16(11-15)25-19-6-5-18(26-19)20(24)21-17-12-22-9-7-14(17)8-10-22/h2-6,11,14,17H,7-10,12H2,1H3,(H,21,24)/t17-/m0/s1. The van der Waals surface area contributed by atoms with Crippen LogP contribution in [0.2, 0.25) is 0 Å². The van der Waals surface area contributed by atoms with Gasteiger partial charge in [-0.25, -0.2) is 0 Å². The molecule has 1 atom stereocenters. The zero-order chi connectivity index (χ0) is 18.1. The van der Waals surface area contributed by atoms with Gasteiger partial charge in [-0.3, -0.25) is 9.59 Å². The molecule has 0 spiro atoms. The summed E-state index contributed by atoms with van der Waals surface area (Å²) in [6, 6.07) is 11.8. The van der Waals surface area contributed by atoms with Crippen molar-refractivity contribution < 1.29 is 9.59 Å². The van der Waals surface area contributed by atoms with Crippen LogP contribution in [-0.4, -0.2) is 42.3 Å². The SMILES string of the molecule is CC(=O)c1cccc(Sc2ccc(C(=O)N[C@H]3CN4CCC3CC4)s2)c1. The number of nitrogens with zero attached hydrogens (tertiary/aromatic N) is 1. The van der Waals surface area contributed by atoms with Gasteiger partial charge in [0, 0.05) is 23.0 Å². The molecule has 2 bridgehead atoms. The predicted molar refractivity (Wildman–Crippen MR) is 105 cm³/mol. The molecule has 2 aromatic rings. The van der Waals surface area contributed by atoms with Crippen LogP contribution in [0.5, 0.6) is 0 Å². The van der Waals surface area contributed by atoms with Gasteiger partial charge in [0.15, 0.2) is 5.78 Å². The van der Waals surface area contributed by atoms with Crippen molar-refractivity contribution in [2.24, 2.45) is 5.92 Å². The highest BCUT2D eigenvalue weighted by Crippen LogP contribution is 2.34. The van der Waals surface area contributed by atoms with Gasteiger partial charge < -0.3 is 10.2 Å². The second kappa shape index (κ2) is 7.55. The van der Waals surface area contributed by atoms with E-state index >= 15 is 0 Å². The second-order valence-electron chi connectivity index (χ2n) is 7.02. The first-order chi connectivity index (χ1) is 12.6. The number of carbonyl (C=O) groups excluding carboxylic acids is 2. The molecule has 0 radical (unpaired) electrons. The Morgan fingerprint density at radius 2 is 2.00 bits per heavy atom. The van der Waals surface area contributed by atoms with E-state index in [-0.39, 0.29) is 17.7 Å². The Morgan fingerprint density at radius 3 is 2.69 bits per heavy atom. The van der Waals surface area contributed by atoms with Crippen LogP contribution in [0.3, 0.4) is 0 Å². The molecule has 1 amide bonds. The second-order valence-corrected chi connectivity index (χ2v) is 9.48. The fourth-order valence-corrected chi connectivity index (χ4v) is 5.83. The van der Waals surface area contributed by atoms with Crippen molar-refractivity contribution in [1.82, 2.24) is 10.2 Å². The van der Waals surface area contributed by atoms with E-state index in [0.29, 0.717) is 11.5 Å². The maximum absolute atomic E-state index is 12.6. The van der Waals surface area contributed by atoms with Gasteiger partial charge in [0.1, 0.15) is 0 Å². The lowest BCUT2D eigenvalue weighted by Crippen LogP contribution is -2.57. The molecule has 1 aromatic heterocycles. The van der Waals surface area contributed by atoms with E-state index in [1.807, 2.05) is 36.4 Å². The van der Waals surface area contributed by atoms with Gasteiger partial charge in [0.2, 0.25) is 0 Å². The van der Waals surface area contributed by atoms with Crippen LogP contribution in [0, 0.1) is 5.92 Å². The molecular formula is C20H22N2O2S2. The van der Waals surface area contributed by atoms with Crippen molar-refractivity contribution in [2.45, 2.75) is 34.9 Å². The number of hydrogen-bond donors (Lipinski definition) is 1. The van der Waals surface area contributed by atoms with Gasteiger partial charge in [-0.15, -0.1) is 11.3 Å². The first kappa shape index (κ1) is 17.8. The molecule has 0 saturated carbocycles. The Hall–Kier alpha value is -1.63. The lowest BCUT2D eigenvalue weighted by Gasteiger charge is -2.44. The summed E-state index contributed by atoms with van der Waals surface area (Å²) < 4.78 is 1.06. The molecular weight excluding hydrogens is 364 g/mol. The molecule has 1 N–H and O–H groups in total. The highest BCUT2D eigenvalue weighted by molar-refractivity contribution is 8.01. The van der Waals surface area contributed by atoms with Crippen LogP contribution in [-0.2, 0) is 0 Å². The quantitative estimate of drug-likeness (QED) is 0.791. The fourth-order valence-electron chi connectivity index (χ4n) is 3.76. The molecule has 0 unspecified atom stereocenters. The van der Waals surface area contributed by atoms with E-state index in [2.05, 4.69) is 10.2 Å². The van der Waals surface area contributed by atoms with E-state index in [9.17, 15) is 9.59 Å². The molecule has 1 aromatic carbocycles. The van der Waals surface area contributed by atoms with Gasteiger partial charge in [-0.2, -0.15) is 0 Å². The number of carbonyl (C=O) groups is 2. The van der Waals surface area contributed by atoms with Crippen LogP contribution >= 0.6 is 23.1 Å². The maximum Gasteiger partial charge on any atom is 0.261 e. The average molecular weight is 387 g/mol. The maximum atomic E-state index is 12.6. The number of rotatable bonds is 5. The third kappa shape index (κ3) is 3.87. The number of fused-ring (bicyclic) bond motifs is 3. The highest BCUT2D eigenvalue weighted by atomic mass is 32.2. The van der Waals surface area contributed by atoms with Crippen molar-refractivity contribution in [3.63, 3.8) is 0 Å². The zero-order valence-electron chi connectivity index (χ0n) is 14.7. The number of Topliss-reactive ketones (excluding diaryl/α,β-unsaturated/α-hetero) is 1. The molecule has 3 aliphatic heterocycles. The first-order valence-electron chi connectivity index (χ1n) is 9.00. The van der Waals surface area contributed by atoms with Crippen LogP contribution in [0.15, 0.2) is 45.5 Å². The molecule has 136 valence electrons. The molecule has 3 aliphatic rings. The van der Waals surface area contributed by atoms with Gasteiger partial charge in [0.05, 0.1) is 9.09 Å². The lowest BCUT2D eigenvalue weighted by atomic mass is 9.84. The van der Waals surface area contributed by atoms with E-state index in [1.54, 1.807) is 18.7 Å². The van der Waals surface area contributed by atoms with E-state index < -0.39 is 0 Å². The minimum absolute atomic E-state index is 0.0399. The first-order valence-corrected chi connectivity index (χ1v) is 10.6. The van der Waals surface area contributed by atoms with Gasteiger partial charge in [-0.1, -0.05) is 23.9 Å². The summed E-state index contributed by atoms with van der Waals surface area (Å²) in [5.41, 5.74) is 0.715. The zero-order valence-corrected chi connectivity index (χ0v) is 16.4. The number of ketones is 1. The Bertz CT molecular complexity index is 825. The van der Waals surface area contributed by atoms with Crippen LogP contribution < -0.4 is 5.32 Å². The van der Waals surface area contributed by atoms with E-state index in [1.165, 1.54) is 37.3 Å². The molecule has 4 heterocycles. The molecule has 3 fully saturated rings. The average Bonchev–Trinajstić information content (AvgIpc) is 3.11. The largest absolute Gasteiger partial charge is 0.347 e. The van der Waals surface area contributed by atoms with Crippen LogP contribution in [0.25, 0.3) is 0 Å². The number of amides is 1. The lowest BCUT2D eigenvalue weighted by molar-refractivity contribution is 0.0622. The van der Waals surface area contributed by atoms with Gasteiger partial charge in [0.25, 0.3) is 5.91 Å². The van der Waals surface area contributed by atoms with Crippen molar-refractivity contribution in [2.75, 3.05) is 19.6 Å². The van der Waals surface area contributed by atoms with Crippen molar-refractivity contribution in [3.05, 3.63) is 46.8 Å². The molecule has 26 heavy (non-hydrogen) atoms. The molecule has 3 saturated heterocycles. The van der Waals surface area contributed by atoms with Gasteiger partial charge in [-0.05, 0) is 63.0 Å². The third-order valence-corrected chi connectivity index (χ3v) is 7.44. The Kier molecular flexibility index (Phi) is 5.16. The number of thiophene rings is 1. The summed E-state index contributed by atoms with van der Waals surface area (Å²) >= 11 is 3.10. The normalized spacial score (nSPS) is 24.4. The van der Waals surface area contributed by atoms with Gasteiger partial charge >= 0.3 is 0 Å². The summed E-state index contributed by atoms with van der Waals surface area (Å²) in [6.07, 6.45) is 2.39. The van der Waals surface area contributed by atoms with Crippen molar-refractivity contribution in [1.29, 1.82) is 0 Å². The summed E-state index contributed by atoms with van der Waals surface area (Å²) in [5, 5.41) is 3.24. The number of piperidine rings is 3. The van der Waals surface area contributed by atoms with Crippen LogP contribution in [0.4, 0.5) is 0 Å². The van der Waals surface area contributed by atoms with E-state index in [4.69, 9.17) is 0 Å². The highest BCUT2D eigenvalue weighted by Gasteiger charge is 2.35. The number of benzene rings is 1. The Morgan fingerprint density at radius 1 is 1.19 bits per heavy atom. The molecule has 5 rings (SSSR count). The molecule has 6 heteroatoms. The van der Waals surface area contributed by atoms with Crippen molar-refractivity contribution >= 4 is 34.8 Å². The van der Waals surface area contributed by atoms with Crippen LogP contribution in [0.1, 0.15) is 39.8 Å². The fraction of sp³-hybridized carbons (Fsp3) is 0.400. The predicted octanol–water partition coefficient (Wildman–Crippen LogP) is 3.93. The minimum Gasteiger partial charge on any atom is -0.347 e. The Labute approximate surface area is 162 Å². The topological polar surface area (TPSA) is 49.4 Å². The Balaban J connectivity index is 1.40.